The number of para-hydroxylation sites is 1. The first-order chi connectivity index (χ1) is 15.9. The number of hydrogen-bond donors (Lipinski definition) is 1. The van der Waals surface area contributed by atoms with Gasteiger partial charge >= 0.3 is 0 Å². The first-order valence-corrected chi connectivity index (χ1v) is 12.6. The summed E-state index contributed by atoms with van der Waals surface area (Å²) in [5.74, 6) is 0.404. The maximum atomic E-state index is 12.3. The molecule has 1 N–H and O–H groups in total. The van der Waals surface area contributed by atoms with Crippen LogP contribution >= 0.6 is 0 Å². The lowest BCUT2D eigenvalue weighted by molar-refractivity contribution is 0.405. The normalized spacial score (nSPS) is 15.8. The van der Waals surface area contributed by atoms with Gasteiger partial charge in [-0.3, -0.25) is 4.31 Å². The quantitative estimate of drug-likeness (QED) is 0.486. The summed E-state index contributed by atoms with van der Waals surface area (Å²) >= 11 is 0. The second kappa shape index (κ2) is 12.3. The lowest BCUT2D eigenvalue weighted by Gasteiger charge is -2.41. The fourth-order valence-electron chi connectivity index (χ4n) is 3.46. The molecule has 3 aromatic carbocycles. The van der Waals surface area contributed by atoms with E-state index in [9.17, 15) is 17.9 Å². The summed E-state index contributed by atoms with van der Waals surface area (Å²) in [6.07, 6.45) is 2.16. The van der Waals surface area contributed by atoms with Gasteiger partial charge in [-0.05, 0) is 48.4 Å². The smallest absolute Gasteiger partial charge is 0.238 e. The van der Waals surface area contributed by atoms with Gasteiger partial charge in [0.05, 0.1) is 24.6 Å². The number of benzene rings is 3. The number of anilines is 1. The first-order valence-electron chi connectivity index (χ1n) is 11.0. The van der Waals surface area contributed by atoms with Crippen LogP contribution in [0.1, 0.15) is 44.4 Å². The van der Waals surface area contributed by atoms with Crippen molar-refractivity contribution in [1.29, 1.82) is 0 Å². The molecule has 3 aromatic rings. The highest BCUT2D eigenvalue weighted by atomic mass is 32.2. The Morgan fingerprint density at radius 1 is 1.03 bits per heavy atom. The Bertz CT molecular complexity index is 1100. The van der Waals surface area contributed by atoms with Gasteiger partial charge in [-0.1, -0.05) is 57.5 Å². The largest absolute Gasteiger partial charge is 0.507 e. The maximum absolute atomic E-state index is 12.3. The molecule has 0 spiro atoms. The average molecular weight is 474 g/mol. The van der Waals surface area contributed by atoms with Crippen LogP contribution in [0.4, 0.5) is 10.1 Å². The highest BCUT2D eigenvalue weighted by molar-refractivity contribution is 7.94. The molecule has 0 aromatic heterocycles. The molecule has 1 fully saturated rings. The molecule has 1 atom stereocenters. The second-order valence-electron chi connectivity index (χ2n) is 7.23. The number of nitrogens with zero attached hydrogens (tertiary/aromatic N) is 1. The third kappa shape index (κ3) is 6.71. The van der Waals surface area contributed by atoms with E-state index in [1.54, 1.807) is 36.4 Å². The monoisotopic (exact) mass is 473 g/mol. The molecule has 1 aliphatic rings. The number of hydrogen-bond acceptors (Lipinski definition) is 4. The highest BCUT2D eigenvalue weighted by Gasteiger charge is 2.45. The molecule has 5 nitrogen and oxygen atoms in total. The maximum Gasteiger partial charge on any atom is 0.238 e. The average Bonchev–Trinajstić information content (AvgIpc) is 2.82. The first kappa shape index (κ1) is 26.2. The van der Waals surface area contributed by atoms with Crippen LogP contribution in [0.2, 0.25) is 0 Å². The topological polar surface area (TPSA) is 66.8 Å². The van der Waals surface area contributed by atoms with Crippen LogP contribution in [0.15, 0.2) is 72.8 Å². The van der Waals surface area contributed by atoms with E-state index in [-0.39, 0.29) is 23.4 Å². The Balaban J connectivity index is 0.000000270. The molecule has 0 bridgehead atoms. The predicted octanol–water partition coefficient (Wildman–Crippen LogP) is 6.10. The lowest BCUT2D eigenvalue weighted by atomic mass is 10.1. The van der Waals surface area contributed by atoms with Crippen molar-refractivity contribution in [2.75, 3.05) is 17.2 Å². The van der Waals surface area contributed by atoms with E-state index >= 15 is 0 Å². The van der Waals surface area contributed by atoms with Crippen LogP contribution in [0, 0.1) is 5.82 Å². The number of rotatable bonds is 5. The Labute approximate surface area is 196 Å². The third-order valence-electron chi connectivity index (χ3n) is 5.01. The number of aromatic hydroxyl groups is 1. The summed E-state index contributed by atoms with van der Waals surface area (Å²) in [4.78, 5) is 0. The number of aryl methyl sites for hydroxylation is 1. The molecular formula is C26H32FNO4S. The predicted molar refractivity (Wildman–Crippen MR) is 132 cm³/mol. The summed E-state index contributed by atoms with van der Waals surface area (Å²) < 4.78 is 42.8. The molecule has 4 rings (SSSR count). The molecule has 1 heterocycles. The number of ether oxygens (including phenoxy) is 1. The molecular weight excluding hydrogens is 441 g/mol. The molecule has 0 radical (unpaired) electrons. The SMILES string of the molecule is CC.CCCc1ccc(F)cc1.COc1ccc(C2CS(=O)(=O)N2c2ccccc2)c(O)c1. The Hall–Kier alpha value is -3.06. The van der Waals surface area contributed by atoms with Crippen LogP contribution < -0.4 is 9.04 Å². The van der Waals surface area contributed by atoms with Crippen molar-refractivity contribution in [2.45, 2.75) is 39.7 Å². The minimum atomic E-state index is -3.31. The molecule has 0 aliphatic carbocycles. The van der Waals surface area contributed by atoms with E-state index in [4.69, 9.17) is 4.74 Å². The van der Waals surface area contributed by atoms with Crippen molar-refractivity contribution in [2.24, 2.45) is 0 Å². The van der Waals surface area contributed by atoms with Gasteiger partial charge in [0.15, 0.2) is 0 Å². The third-order valence-corrected chi connectivity index (χ3v) is 6.81. The summed E-state index contributed by atoms with van der Waals surface area (Å²) in [6.45, 7) is 6.11. The van der Waals surface area contributed by atoms with Crippen molar-refractivity contribution >= 4 is 15.7 Å². The van der Waals surface area contributed by atoms with Crippen LogP contribution in [0.3, 0.4) is 0 Å². The van der Waals surface area contributed by atoms with Crippen molar-refractivity contribution in [3.8, 4) is 11.5 Å². The Morgan fingerprint density at radius 2 is 1.67 bits per heavy atom. The number of phenols is 1. The van der Waals surface area contributed by atoms with Crippen LogP contribution in [-0.4, -0.2) is 26.4 Å². The van der Waals surface area contributed by atoms with Gasteiger partial charge in [0, 0.05) is 11.6 Å². The van der Waals surface area contributed by atoms with Gasteiger partial charge in [0.25, 0.3) is 0 Å². The summed E-state index contributed by atoms with van der Waals surface area (Å²) in [7, 11) is -1.80. The van der Waals surface area contributed by atoms with E-state index in [0.717, 1.165) is 12.8 Å². The number of methoxy groups -OCH3 is 1. The number of sulfonamides is 1. The van der Waals surface area contributed by atoms with Crippen molar-refractivity contribution in [1.82, 2.24) is 0 Å². The van der Waals surface area contributed by atoms with Crippen LogP contribution in [0.25, 0.3) is 0 Å². The van der Waals surface area contributed by atoms with Crippen LogP contribution in [-0.2, 0) is 16.4 Å². The summed E-state index contributed by atoms with van der Waals surface area (Å²) in [5, 5.41) is 10.1. The summed E-state index contributed by atoms with van der Waals surface area (Å²) in [6, 6.07) is 20.1. The van der Waals surface area contributed by atoms with Gasteiger partial charge in [-0.2, -0.15) is 0 Å². The standard InChI is InChI=1S/C15H15NO4S.C9H11F.C2H6/c1-20-12-7-8-13(15(17)9-12)14-10-21(18,19)16(14)11-5-3-2-4-6-11;1-2-3-8-4-6-9(10)7-5-8;1-2/h2-9,14,17H,10H2,1H3;4-7H,2-3H2,1H3;1-2H3. The molecule has 0 saturated carbocycles. The lowest BCUT2D eigenvalue weighted by Crippen LogP contribution is -2.50. The molecule has 0 amide bonds. The van der Waals surface area contributed by atoms with E-state index in [2.05, 4.69) is 6.92 Å². The van der Waals surface area contributed by atoms with E-state index < -0.39 is 10.0 Å². The molecule has 7 heteroatoms. The van der Waals surface area contributed by atoms with Gasteiger partial charge in [-0.25, -0.2) is 12.8 Å². The fourth-order valence-corrected chi connectivity index (χ4v) is 5.11. The minimum absolute atomic E-state index is 0.0121. The molecule has 33 heavy (non-hydrogen) atoms. The summed E-state index contributed by atoms with van der Waals surface area (Å²) in [5.41, 5.74) is 2.39. The van der Waals surface area contributed by atoms with Gasteiger partial charge in [0.2, 0.25) is 10.0 Å². The zero-order chi connectivity index (χ0) is 24.4. The zero-order valence-corrected chi connectivity index (χ0v) is 20.3. The van der Waals surface area contributed by atoms with Crippen molar-refractivity contribution in [3.63, 3.8) is 0 Å². The van der Waals surface area contributed by atoms with Gasteiger partial charge in [-0.15, -0.1) is 0 Å². The number of halogens is 1. The number of phenolic OH excluding ortho intramolecular Hbond substituents is 1. The van der Waals surface area contributed by atoms with Crippen molar-refractivity contribution < 1.29 is 22.7 Å². The van der Waals surface area contributed by atoms with Crippen molar-refractivity contribution in [3.05, 3.63) is 89.7 Å². The Morgan fingerprint density at radius 3 is 2.18 bits per heavy atom. The zero-order valence-electron chi connectivity index (χ0n) is 19.5. The fraction of sp³-hybridized carbons (Fsp3) is 0.308. The van der Waals surface area contributed by atoms with E-state index in [1.165, 1.54) is 35.2 Å². The van der Waals surface area contributed by atoms with Crippen LogP contribution in [0.5, 0.6) is 11.5 Å². The van der Waals surface area contributed by atoms with E-state index in [0.29, 0.717) is 17.0 Å². The van der Waals surface area contributed by atoms with Gasteiger partial charge < -0.3 is 9.84 Å². The second-order valence-corrected chi connectivity index (χ2v) is 9.12. The van der Waals surface area contributed by atoms with E-state index in [1.807, 2.05) is 32.0 Å². The molecule has 1 unspecified atom stereocenters. The highest BCUT2D eigenvalue weighted by Crippen LogP contribution is 2.43. The molecule has 1 aliphatic heterocycles. The Kier molecular flexibility index (Phi) is 9.73. The molecule has 1 saturated heterocycles. The minimum Gasteiger partial charge on any atom is -0.507 e. The van der Waals surface area contributed by atoms with Gasteiger partial charge in [0.1, 0.15) is 17.3 Å². The molecule has 178 valence electrons.